The quantitative estimate of drug-likeness (QED) is 0.706. The molecule has 1 saturated heterocycles. The highest BCUT2D eigenvalue weighted by atomic mass is 35.5. The molecule has 0 atom stereocenters. The van der Waals surface area contributed by atoms with Crippen molar-refractivity contribution in [3.8, 4) is 0 Å². The summed E-state index contributed by atoms with van der Waals surface area (Å²) in [6.45, 7) is 2.51. The van der Waals surface area contributed by atoms with E-state index < -0.39 is 0 Å². The summed E-state index contributed by atoms with van der Waals surface area (Å²) in [4.78, 5) is 2.66. The van der Waals surface area contributed by atoms with Crippen LogP contribution in [0.25, 0.3) is 0 Å². The first-order chi connectivity index (χ1) is 5.86. The van der Waals surface area contributed by atoms with Crippen LogP contribution < -0.4 is 5.73 Å². The molecule has 2 rings (SSSR count). The summed E-state index contributed by atoms with van der Waals surface area (Å²) in [5, 5.41) is 0. The summed E-state index contributed by atoms with van der Waals surface area (Å²) in [7, 11) is 0. The molecule has 2 fully saturated rings. The van der Waals surface area contributed by atoms with Gasteiger partial charge in [-0.2, -0.15) is 0 Å². The smallest absolute Gasteiger partial charge is 0.00952 e. The largest absolute Gasteiger partial charge is 0.328 e. The van der Waals surface area contributed by atoms with Crippen LogP contribution in [0.3, 0.4) is 0 Å². The SMILES string of the molecule is Cl.NC1CCN(C2CCCC2)CC1. The molecule has 2 nitrogen and oxygen atoms in total. The van der Waals surface area contributed by atoms with Gasteiger partial charge < -0.3 is 10.6 Å². The highest BCUT2D eigenvalue weighted by molar-refractivity contribution is 5.85. The van der Waals surface area contributed by atoms with E-state index in [-0.39, 0.29) is 12.4 Å². The maximum atomic E-state index is 5.87. The minimum atomic E-state index is 0. The Morgan fingerprint density at radius 3 is 2.00 bits per heavy atom. The van der Waals surface area contributed by atoms with Crippen molar-refractivity contribution in [2.45, 2.75) is 50.6 Å². The second-order valence-corrected chi connectivity index (χ2v) is 4.31. The molecule has 78 valence electrons. The summed E-state index contributed by atoms with van der Waals surface area (Å²) < 4.78 is 0. The van der Waals surface area contributed by atoms with Crippen LogP contribution >= 0.6 is 12.4 Å². The Labute approximate surface area is 87.3 Å². The van der Waals surface area contributed by atoms with Gasteiger partial charge in [0, 0.05) is 12.1 Å². The highest BCUT2D eigenvalue weighted by Crippen LogP contribution is 2.25. The molecule has 3 heteroatoms. The van der Waals surface area contributed by atoms with E-state index in [0.717, 1.165) is 6.04 Å². The maximum Gasteiger partial charge on any atom is 0.00952 e. The van der Waals surface area contributed by atoms with E-state index in [2.05, 4.69) is 4.90 Å². The van der Waals surface area contributed by atoms with Crippen molar-refractivity contribution in [3.63, 3.8) is 0 Å². The lowest BCUT2D eigenvalue weighted by Crippen LogP contribution is -2.44. The average molecular weight is 205 g/mol. The van der Waals surface area contributed by atoms with Crippen LogP contribution in [0.4, 0.5) is 0 Å². The zero-order chi connectivity index (χ0) is 8.39. The Kier molecular flexibility index (Phi) is 4.50. The van der Waals surface area contributed by atoms with E-state index in [1.165, 1.54) is 51.6 Å². The van der Waals surface area contributed by atoms with Crippen LogP contribution in [-0.2, 0) is 0 Å². The molecule has 0 spiro atoms. The molecule has 0 aromatic carbocycles. The molecular formula is C10H21ClN2. The zero-order valence-electron chi connectivity index (χ0n) is 8.24. The second-order valence-electron chi connectivity index (χ2n) is 4.31. The Bertz CT molecular complexity index is 138. The number of hydrogen-bond donors (Lipinski definition) is 1. The summed E-state index contributed by atoms with van der Waals surface area (Å²) in [6.07, 6.45) is 8.22. The van der Waals surface area contributed by atoms with E-state index in [4.69, 9.17) is 5.73 Å². The van der Waals surface area contributed by atoms with Crippen LogP contribution in [0.2, 0.25) is 0 Å². The monoisotopic (exact) mass is 204 g/mol. The fraction of sp³-hybridized carbons (Fsp3) is 1.00. The lowest BCUT2D eigenvalue weighted by Gasteiger charge is -2.34. The van der Waals surface area contributed by atoms with E-state index in [0.29, 0.717) is 6.04 Å². The fourth-order valence-electron chi connectivity index (χ4n) is 2.55. The van der Waals surface area contributed by atoms with Gasteiger partial charge >= 0.3 is 0 Å². The topological polar surface area (TPSA) is 29.3 Å². The third-order valence-corrected chi connectivity index (χ3v) is 3.42. The molecular weight excluding hydrogens is 184 g/mol. The summed E-state index contributed by atoms with van der Waals surface area (Å²) in [5.74, 6) is 0. The summed E-state index contributed by atoms with van der Waals surface area (Å²) in [6, 6.07) is 1.40. The minimum Gasteiger partial charge on any atom is -0.328 e. The number of nitrogens with zero attached hydrogens (tertiary/aromatic N) is 1. The molecule has 1 saturated carbocycles. The predicted octanol–water partition coefficient (Wildman–Crippen LogP) is 1.77. The molecule has 0 unspecified atom stereocenters. The Hall–Kier alpha value is 0.210. The van der Waals surface area contributed by atoms with Crippen molar-refractivity contribution in [2.24, 2.45) is 5.73 Å². The van der Waals surface area contributed by atoms with Gasteiger partial charge in [-0.3, -0.25) is 0 Å². The van der Waals surface area contributed by atoms with Gasteiger partial charge in [0.1, 0.15) is 0 Å². The highest BCUT2D eigenvalue weighted by Gasteiger charge is 2.25. The maximum absolute atomic E-state index is 5.87. The molecule has 0 radical (unpaired) electrons. The zero-order valence-corrected chi connectivity index (χ0v) is 9.06. The van der Waals surface area contributed by atoms with Crippen LogP contribution in [0.15, 0.2) is 0 Å². The Morgan fingerprint density at radius 2 is 1.46 bits per heavy atom. The first-order valence-electron chi connectivity index (χ1n) is 5.36. The van der Waals surface area contributed by atoms with Gasteiger partial charge in [-0.15, -0.1) is 12.4 Å². The van der Waals surface area contributed by atoms with E-state index >= 15 is 0 Å². The third kappa shape index (κ3) is 2.83. The average Bonchev–Trinajstić information content (AvgIpc) is 2.58. The third-order valence-electron chi connectivity index (χ3n) is 3.42. The number of likely N-dealkylation sites (tertiary alicyclic amines) is 1. The van der Waals surface area contributed by atoms with E-state index in [1.807, 2.05) is 0 Å². The molecule has 13 heavy (non-hydrogen) atoms. The molecule has 1 aliphatic carbocycles. The molecule has 0 aromatic heterocycles. The van der Waals surface area contributed by atoms with E-state index in [1.54, 1.807) is 0 Å². The summed E-state index contributed by atoms with van der Waals surface area (Å²) in [5.41, 5.74) is 5.87. The van der Waals surface area contributed by atoms with Gasteiger partial charge in [-0.25, -0.2) is 0 Å². The van der Waals surface area contributed by atoms with Crippen LogP contribution in [0.5, 0.6) is 0 Å². The number of rotatable bonds is 1. The predicted molar refractivity (Wildman–Crippen MR) is 58.3 cm³/mol. The van der Waals surface area contributed by atoms with Gasteiger partial charge in [-0.1, -0.05) is 12.8 Å². The van der Waals surface area contributed by atoms with Crippen LogP contribution in [0.1, 0.15) is 38.5 Å². The summed E-state index contributed by atoms with van der Waals surface area (Å²) >= 11 is 0. The first-order valence-corrected chi connectivity index (χ1v) is 5.36. The Balaban J connectivity index is 0.000000845. The van der Waals surface area contributed by atoms with Crippen molar-refractivity contribution in [1.29, 1.82) is 0 Å². The van der Waals surface area contributed by atoms with Crippen molar-refractivity contribution in [2.75, 3.05) is 13.1 Å². The number of piperidine rings is 1. The molecule has 2 N–H and O–H groups in total. The van der Waals surface area contributed by atoms with Gasteiger partial charge in [0.05, 0.1) is 0 Å². The molecule has 0 amide bonds. The molecule has 1 aliphatic heterocycles. The van der Waals surface area contributed by atoms with Crippen LogP contribution in [-0.4, -0.2) is 30.1 Å². The standard InChI is InChI=1S/C10H20N2.ClH/c11-9-5-7-12(8-6-9)10-3-1-2-4-10;/h9-10H,1-8,11H2;1H. The lowest BCUT2D eigenvalue weighted by molar-refractivity contribution is 0.155. The lowest BCUT2D eigenvalue weighted by atomic mass is 10.0. The van der Waals surface area contributed by atoms with Gasteiger partial charge in [0.25, 0.3) is 0 Å². The molecule has 2 aliphatic rings. The van der Waals surface area contributed by atoms with Crippen molar-refractivity contribution in [3.05, 3.63) is 0 Å². The molecule has 0 aromatic rings. The number of nitrogens with two attached hydrogens (primary N) is 1. The normalized spacial score (nSPS) is 27.5. The molecule has 1 heterocycles. The molecule has 0 bridgehead atoms. The Morgan fingerprint density at radius 1 is 0.923 bits per heavy atom. The van der Waals surface area contributed by atoms with Crippen molar-refractivity contribution < 1.29 is 0 Å². The second kappa shape index (κ2) is 5.18. The van der Waals surface area contributed by atoms with E-state index in [9.17, 15) is 0 Å². The van der Waals surface area contributed by atoms with Crippen molar-refractivity contribution in [1.82, 2.24) is 4.90 Å². The minimum absolute atomic E-state index is 0. The first kappa shape index (κ1) is 11.3. The van der Waals surface area contributed by atoms with Gasteiger partial charge in [0.15, 0.2) is 0 Å². The van der Waals surface area contributed by atoms with Crippen LogP contribution in [0, 0.1) is 0 Å². The number of halogens is 1. The van der Waals surface area contributed by atoms with Gasteiger partial charge in [0.2, 0.25) is 0 Å². The fourth-order valence-corrected chi connectivity index (χ4v) is 2.55. The van der Waals surface area contributed by atoms with Gasteiger partial charge in [-0.05, 0) is 38.8 Å². The number of hydrogen-bond acceptors (Lipinski definition) is 2. The van der Waals surface area contributed by atoms with Crippen molar-refractivity contribution >= 4 is 12.4 Å².